The van der Waals surface area contributed by atoms with E-state index in [4.69, 9.17) is 0 Å². The van der Waals surface area contributed by atoms with Gasteiger partial charge in [0.25, 0.3) is 5.91 Å². The summed E-state index contributed by atoms with van der Waals surface area (Å²) in [6, 6.07) is 8.81. The van der Waals surface area contributed by atoms with Gasteiger partial charge in [0.1, 0.15) is 0 Å². The maximum absolute atomic E-state index is 13.1. The van der Waals surface area contributed by atoms with Crippen LogP contribution in [-0.2, 0) is 17.6 Å². The monoisotopic (exact) mass is 330 g/mol. The molecular weight excluding hydrogens is 314 g/mol. The number of amides is 2. The molecule has 1 heterocycles. The molecule has 0 spiro atoms. The Morgan fingerprint density at radius 2 is 1.96 bits per heavy atom. The fourth-order valence-corrected chi connectivity index (χ4v) is 2.74. The van der Waals surface area contributed by atoms with Gasteiger partial charge in [-0.15, -0.1) is 0 Å². The number of fused-ring (bicyclic) bond motifs is 1. The van der Waals surface area contributed by atoms with Crippen molar-refractivity contribution in [2.75, 3.05) is 18.5 Å². The molecule has 2 amide bonds. The van der Waals surface area contributed by atoms with Crippen LogP contribution in [0, 0.1) is 11.6 Å². The van der Waals surface area contributed by atoms with E-state index in [9.17, 15) is 18.4 Å². The van der Waals surface area contributed by atoms with Crippen LogP contribution in [0.1, 0.15) is 21.5 Å². The summed E-state index contributed by atoms with van der Waals surface area (Å²) in [7, 11) is 1.75. The average molecular weight is 330 g/mol. The molecular formula is C18H16F2N2O2. The van der Waals surface area contributed by atoms with E-state index in [1.165, 1.54) is 6.07 Å². The molecule has 0 saturated heterocycles. The summed E-state index contributed by atoms with van der Waals surface area (Å²) in [4.78, 5) is 25.2. The Morgan fingerprint density at radius 3 is 2.71 bits per heavy atom. The summed E-state index contributed by atoms with van der Waals surface area (Å²) in [5.41, 5.74) is 2.97. The van der Waals surface area contributed by atoms with Gasteiger partial charge in [0.2, 0.25) is 5.91 Å². The van der Waals surface area contributed by atoms with Gasteiger partial charge in [-0.1, -0.05) is 12.1 Å². The minimum atomic E-state index is -1.05. The molecule has 3 rings (SSSR count). The number of carbonyl (C=O) groups excluding carboxylic acids is 2. The number of hydrogen-bond acceptors (Lipinski definition) is 2. The molecule has 124 valence electrons. The quantitative estimate of drug-likeness (QED) is 0.936. The van der Waals surface area contributed by atoms with Gasteiger partial charge in [-0.3, -0.25) is 9.59 Å². The van der Waals surface area contributed by atoms with E-state index in [1.807, 2.05) is 18.2 Å². The number of nitrogens with one attached hydrogen (secondary N) is 1. The summed E-state index contributed by atoms with van der Waals surface area (Å²) in [5, 5.41) is 2.67. The highest BCUT2D eigenvalue weighted by molar-refractivity contribution is 6.00. The first-order valence-electron chi connectivity index (χ1n) is 7.57. The first kappa shape index (κ1) is 16.1. The molecule has 1 aliphatic rings. The zero-order valence-corrected chi connectivity index (χ0v) is 13.1. The molecule has 1 N–H and O–H groups in total. The lowest BCUT2D eigenvalue weighted by molar-refractivity contribution is -0.117. The van der Waals surface area contributed by atoms with Gasteiger partial charge >= 0.3 is 0 Å². The fraction of sp³-hybridized carbons (Fsp3) is 0.222. The van der Waals surface area contributed by atoms with E-state index in [-0.39, 0.29) is 11.5 Å². The minimum Gasteiger partial charge on any atom is -0.352 e. The normalized spacial score (nSPS) is 13.1. The molecule has 2 aromatic rings. The van der Waals surface area contributed by atoms with Crippen LogP contribution in [0.15, 0.2) is 36.4 Å². The Bertz CT molecular complexity index is 821. The molecule has 1 aliphatic heterocycles. The molecule has 0 unspecified atom stereocenters. The van der Waals surface area contributed by atoms with Crippen molar-refractivity contribution in [3.05, 3.63) is 64.7 Å². The Balaban J connectivity index is 1.59. The molecule has 0 bridgehead atoms. The number of hydrogen-bond donors (Lipinski definition) is 1. The van der Waals surface area contributed by atoms with E-state index >= 15 is 0 Å². The molecule has 0 aliphatic carbocycles. The Labute approximate surface area is 138 Å². The fourth-order valence-electron chi connectivity index (χ4n) is 2.74. The average Bonchev–Trinajstić information content (AvgIpc) is 2.84. The second kappa shape index (κ2) is 6.39. The van der Waals surface area contributed by atoms with Crippen LogP contribution in [0.5, 0.6) is 0 Å². The third-order valence-corrected chi connectivity index (χ3v) is 4.10. The van der Waals surface area contributed by atoms with Crippen molar-refractivity contribution >= 4 is 17.5 Å². The lowest BCUT2D eigenvalue weighted by Crippen LogP contribution is -2.25. The summed E-state index contributed by atoms with van der Waals surface area (Å²) < 4.78 is 26.0. The maximum atomic E-state index is 13.1. The molecule has 0 fully saturated rings. The molecule has 0 atom stereocenters. The molecule has 24 heavy (non-hydrogen) atoms. The number of anilines is 1. The zero-order valence-electron chi connectivity index (χ0n) is 13.1. The lowest BCUT2D eigenvalue weighted by atomic mass is 10.1. The number of carbonyl (C=O) groups is 2. The highest BCUT2D eigenvalue weighted by atomic mass is 19.2. The second-order valence-corrected chi connectivity index (χ2v) is 5.73. The minimum absolute atomic E-state index is 0.0637. The highest BCUT2D eigenvalue weighted by Gasteiger charge is 2.23. The van der Waals surface area contributed by atoms with Crippen molar-refractivity contribution in [2.45, 2.75) is 12.8 Å². The number of rotatable bonds is 4. The van der Waals surface area contributed by atoms with E-state index in [1.54, 1.807) is 11.9 Å². The number of nitrogens with zero attached hydrogens (tertiary/aromatic N) is 1. The molecule has 0 radical (unpaired) electrons. The first-order valence-corrected chi connectivity index (χ1v) is 7.57. The summed E-state index contributed by atoms with van der Waals surface area (Å²) in [6.07, 6.45) is 0.974. The predicted octanol–water partition coefficient (Wildman–Crippen LogP) is 2.46. The van der Waals surface area contributed by atoms with Gasteiger partial charge in [0, 0.05) is 24.8 Å². The van der Waals surface area contributed by atoms with Crippen LogP contribution in [0.2, 0.25) is 0 Å². The van der Waals surface area contributed by atoms with Crippen molar-refractivity contribution in [1.82, 2.24) is 5.32 Å². The zero-order chi connectivity index (χ0) is 17.3. The third-order valence-electron chi connectivity index (χ3n) is 4.10. The van der Waals surface area contributed by atoms with Crippen LogP contribution < -0.4 is 10.2 Å². The van der Waals surface area contributed by atoms with Crippen molar-refractivity contribution in [3.63, 3.8) is 0 Å². The van der Waals surface area contributed by atoms with Crippen LogP contribution in [0.4, 0.5) is 14.5 Å². The SMILES string of the molecule is CN1C(=O)Cc2cc(CCNC(=O)c3ccc(F)c(F)c3)ccc21. The van der Waals surface area contributed by atoms with Crippen molar-refractivity contribution < 1.29 is 18.4 Å². The van der Waals surface area contributed by atoms with Crippen LogP contribution in [0.3, 0.4) is 0 Å². The standard InChI is InChI=1S/C18H16F2N2O2/c1-22-16-5-2-11(8-13(16)10-17(22)23)6-7-21-18(24)12-3-4-14(19)15(20)9-12/h2-5,8-9H,6-7,10H2,1H3,(H,21,24). The van der Waals surface area contributed by atoms with Gasteiger partial charge in [0.15, 0.2) is 11.6 Å². The Kier molecular flexibility index (Phi) is 4.29. The van der Waals surface area contributed by atoms with Crippen molar-refractivity contribution in [3.8, 4) is 0 Å². The number of halogens is 2. The largest absolute Gasteiger partial charge is 0.352 e. The van der Waals surface area contributed by atoms with Gasteiger partial charge in [-0.05, 0) is 41.8 Å². The van der Waals surface area contributed by atoms with E-state index in [2.05, 4.69) is 5.32 Å². The Morgan fingerprint density at radius 1 is 1.17 bits per heavy atom. The molecule has 2 aromatic carbocycles. The van der Waals surface area contributed by atoms with Gasteiger partial charge in [-0.25, -0.2) is 8.78 Å². The summed E-state index contributed by atoms with van der Waals surface area (Å²) in [5.74, 6) is -2.42. The maximum Gasteiger partial charge on any atom is 0.251 e. The van der Waals surface area contributed by atoms with Gasteiger partial charge < -0.3 is 10.2 Å². The van der Waals surface area contributed by atoms with Crippen LogP contribution in [-0.4, -0.2) is 25.4 Å². The van der Waals surface area contributed by atoms with Crippen LogP contribution >= 0.6 is 0 Å². The highest BCUT2D eigenvalue weighted by Crippen LogP contribution is 2.28. The molecule has 6 heteroatoms. The van der Waals surface area contributed by atoms with E-state index in [0.717, 1.165) is 28.9 Å². The number of benzene rings is 2. The predicted molar refractivity (Wildman–Crippen MR) is 86.0 cm³/mol. The molecule has 4 nitrogen and oxygen atoms in total. The summed E-state index contributed by atoms with van der Waals surface area (Å²) in [6.45, 7) is 0.362. The molecule has 0 saturated carbocycles. The van der Waals surface area contributed by atoms with E-state index < -0.39 is 17.5 Å². The molecule has 0 aromatic heterocycles. The van der Waals surface area contributed by atoms with Gasteiger partial charge in [0.05, 0.1) is 6.42 Å². The van der Waals surface area contributed by atoms with Crippen molar-refractivity contribution in [2.24, 2.45) is 0 Å². The lowest BCUT2D eigenvalue weighted by Gasteiger charge is -2.11. The Hall–Kier alpha value is -2.76. The summed E-state index contributed by atoms with van der Waals surface area (Å²) >= 11 is 0. The second-order valence-electron chi connectivity index (χ2n) is 5.73. The smallest absolute Gasteiger partial charge is 0.251 e. The van der Waals surface area contributed by atoms with Crippen molar-refractivity contribution in [1.29, 1.82) is 0 Å². The van der Waals surface area contributed by atoms with E-state index in [0.29, 0.717) is 19.4 Å². The van der Waals surface area contributed by atoms with Gasteiger partial charge in [-0.2, -0.15) is 0 Å². The first-order chi connectivity index (χ1) is 11.5. The number of likely N-dealkylation sites (N-methyl/N-ethyl adjacent to an activating group) is 1. The van der Waals surface area contributed by atoms with Crippen LogP contribution in [0.25, 0.3) is 0 Å². The topological polar surface area (TPSA) is 49.4 Å². The third kappa shape index (κ3) is 3.13.